The predicted molar refractivity (Wildman–Crippen MR) is 59.6 cm³/mol. The number of nitrogens with one attached hydrogen (secondary N) is 2. The monoisotopic (exact) mass is 247 g/mol. The van der Waals surface area contributed by atoms with Crippen LogP contribution in [0, 0.1) is 11.9 Å². The number of hydrogen-bond donors (Lipinski definition) is 2. The van der Waals surface area contributed by atoms with E-state index in [0.717, 1.165) is 6.07 Å². The zero-order valence-corrected chi connectivity index (χ0v) is 9.88. The van der Waals surface area contributed by atoms with Crippen molar-refractivity contribution in [2.45, 2.75) is 13.8 Å². The van der Waals surface area contributed by atoms with Gasteiger partial charge in [0, 0.05) is 6.54 Å². The van der Waals surface area contributed by atoms with Crippen molar-refractivity contribution >= 4 is 16.0 Å². The summed E-state index contributed by atoms with van der Waals surface area (Å²) in [6, 6.07) is 3.89. The van der Waals surface area contributed by atoms with E-state index in [0.29, 0.717) is 6.54 Å². The third-order valence-electron chi connectivity index (χ3n) is 1.64. The van der Waals surface area contributed by atoms with E-state index in [9.17, 15) is 12.8 Å². The Labute approximate surface area is 94.3 Å². The lowest BCUT2D eigenvalue weighted by molar-refractivity contribution is 0.563. The first-order valence-corrected chi connectivity index (χ1v) is 6.27. The Bertz CT molecular complexity index is 448. The first kappa shape index (κ1) is 12.9. The van der Waals surface area contributed by atoms with Crippen molar-refractivity contribution in [3.8, 4) is 0 Å². The van der Waals surface area contributed by atoms with Gasteiger partial charge in [-0.05, 0) is 18.1 Å². The smallest absolute Gasteiger partial charge is 0.255 e. The van der Waals surface area contributed by atoms with E-state index >= 15 is 0 Å². The molecule has 2 N–H and O–H groups in total. The maximum Gasteiger partial charge on any atom is 0.300 e. The van der Waals surface area contributed by atoms with Crippen LogP contribution in [0.1, 0.15) is 13.8 Å². The number of halogens is 1. The van der Waals surface area contributed by atoms with Gasteiger partial charge < -0.3 is 0 Å². The fraction of sp³-hybridized carbons (Fsp3) is 0.444. The molecule has 1 rings (SSSR count). The average molecular weight is 247 g/mol. The van der Waals surface area contributed by atoms with Crippen LogP contribution in [0.4, 0.5) is 10.2 Å². The second-order valence-electron chi connectivity index (χ2n) is 3.69. The van der Waals surface area contributed by atoms with E-state index in [1.54, 1.807) is 0 Å². The number of hydrogen-bond acceptors (Lipinski definition) is 3. The molecule has 1 heterocycles. The summed E-state index contributed by atoms with van der Waals surface area (Å²) < 4.78 is 40.0. The van der Waals surface area contributed by atoms with E-state index in [4.69, 9.17) is 0 Å². The molecule has 0 radical (unpaired) electrons. The van der Waals surface area contributed by atoms with Crippen molar-refractivity contribution in [3.05, 3.63) is 24.1 Å². The Kier molecular flexibility index (Phi) is 4.19. The maximum absolute atomic E-state index is 12.7. The molecule has 0 aliphatic rings. The molecule has 0 spiro atoms. The highest BCUT2D eigenvalue weighted by molar-refractivity contribution is 7.90. The molecule has 0 aromatic carbocycles. The topological polar surface area (TPSA) is 71.1 Å². The van der Waals surface area contributed by atoms with Crippen LogP contribution in [-0.4, -0.2) is 19.9 Å². The lowest BCUT2D eigenvalue weighted by Crippen LogP contribution is -2.33. The molecule has 7 heteroatoms. The Morgan fingerprint density at radius 1 is 1.44 bits per heavy atom. The van der Waals surface area contributed by atoms with E-state index in [1.807, 2.05) is 13.8 Å². The summed E-state index contributed by atoms with van der Waals surface area (Å²) in [6.07, 6.45) is 0. The van der Waals surface area contributed by atoms with Gasteiger partial charge in [0.1, 0.15) is 5.82 Å². The Morgan fingerprint density at radius 2 is 2.12 bits per heavy atom. The molecule has 0 unspecified atom stereocenters. The third kappa shape index (κ3) is 4.54. The molecule has 0 aliphatic heterocycles. The number of anilines is 1. The quantitative estimate of drug-likeness (QED) is 0.766. The molecule has 0 amide bonds. The summed E-state index contributed by atoms with van der Waals surface area (Å²) in [5, 5.41) is 0. The van der Waals surface area contributed by atoms with Crippen molar-refractivity contribution in [1.82, 2.24) is 9.71 Å². The van der Waals surface area contributed by atoms with Gasteiger partial charge in [0.25, 0.3) is 10.2 Å². The normalized spacial score (nSPS) is 11.8. The minimum absolute atomic E-state index is 0.0451. The van der Waals surface area contributed by atoms with Crippen LogP contribution in [0.15, 0.2) is 18.2 Å². The van der Waals surface area contributed by atoms with Gasteiger partial charge in [-0.25, -0.2) is 4.98 Å². The van der Waals surface area contributed by atoms with Crippen molar-refractivity contribution in [3.63, 3.8) is 0 Å². The Hall–Kier alpha value is -1.21. The first-order chi connectivity index (χ1) is 7.39. The van der Waals surface area contributed by atoms with Gasteiger partial charge in [-0.3, -0.25) is 4.72 Å². The van der Waals surface area contributed by atoms with Gasteiger partial charge in [-0.15, -0.1) is 0 Å². The van der Waals surface area contributed by atoms with E-state index < -0.39 is 16.2 Å². The van der Waals surface area contributed by atoms with Crippen LogP contribution >= 0.6 is 0 Å². The number of rotatable bonds is 5. The van der Waals surface area contributed by atoms with Crippen LogP contribution < -0.4 is 9.44 Å². The SMILES string of the molecule is CC(C)CNS(=O)(=O)Nc1cccc(F)n1. The van der Waals surface area contributed by atoms with E-state index in [2.05, 4.69) is 14.4 Å². The molecule has 90 valence electrons. The molecule has 16 heavy (non-hydrogen) atoms. The molecule has 0 atom stereocenters. The highest BCUT2D eigenvalue weighted by Gasteiger charge is 2.10. The van der Waals surface area contributed by atoms with Gasteiger partial charge in [-0.2, -0.15) is 17.5 Å². The summed E-state index contributed by atoms with van der Waals surface area (Å²) in [7, 11) is -3.68. The highest BCUT2D eigenvalue weighted by atomic mass is 32.2. The summed E-state index contributed by atoms with van der Waals surface area (Å²) in [6.45, 7) is 4.07. The van der Waals surface area contributed by atoms with Crippen molar-refractivity contribution < 1.29 is 12.8 Å². The molecule has 1 aromatic heterocycles. The molecule has 0 aliphatic carbocycles. The molecule has 0 bridgehead atoms. The van der Waals surface area contributed by atoms with E-state index in [-0.39, 0.29) is 11.7 Å². The van der Waals surface area contributed by atoms with Crippen LogP contribution in [0.2, 0.25) is 0 Å². The minimum atomic E-state index is -3.68. The molecular weight excluding hydrogens is 233 g/mol. The summed E-state index contributed by atoms with van der Waals surface area (Å²) in [5.74, 6) is -0.586. The minimum Gasteiger partial charge on any atom is -0.255 e. The van der Waals surface area contributed by atoms with Crippen molar-refractivity contribution in [2.75, 3.05) is 11.3 Å². The largest absolute Gasteiger partial charge is 0.300 e. The Balaban J connectivity index is 2.66. The van der Waals surface area contributed by atoms with Gasteiger partial charge >= 0.3 is 0 Å². The maximum atomic E-state index is 12.7. The summed E-state index contributed by atoms with van der Waals surface area (Å²) in [4.78, 5) is 3.39. The van der Waals surface area contributed by atoms with Crippen LogP contribution in [0.5, 0.6) is 0 Å². The molecular formula is C9H14FN3O2S. The lowest BCUT2D eigenvalue weighted by atomic mass is 10.2. The second kappa shape index (κ2) is 5.22. The zero-order valence-electron chi connectivity index (χ0n) is 9.07. The van der Waals surface area contributed by atoms with Crippen LogP contribution in [-0.2, 0) is 10.2 Å². The number of aromatic nitrogens is 1. The van der Waals surface area contributed by atoms with Gasteiger partial charge in [0.2, 0.25) is 5.95 Å². The van der Waals surface area contributed by atoms with Crippen LogP contribution in [0.3, 0.4) is 0 Å². The number of nitrogens with zero attached hydrogens (tertiary/aromatic N) is 1. The van der Waals surface area contributed by atoms with E-state index in [1.165, 1.54) is 12.1 Å². The highest BCUT2D eigenvalue weighted by Crippen LogP contribution is 2.05. The fourth-order valence-corrected chi connectivity index (χ4v) is 1.93. The average Bonchev–Trinajstić information content (AvgIpc) is 2.14. The van der Waals surface area contributed by atoms with Crippen molar-refractivity contribution in [2.24, 2.45) is 5.92 Å². The summed E-state index contributed by atoms with van der Waals surface area (Å²) in [5.41, 5.74) is 0. The molecule has 1 aromatic rings. The van der Waals surface area contributed by atoms with Gasteiger partial charge in [0.05, 0.1) is 0 Å². The first-order valence-electron chi connectivity index (χ1n) is 4.79. The van der Waals surface area contributed by atoms with Crippen molar-refractivity contribution in [1.29, 1.82) is 0 Å². The predicted octanol–water partition coefficient (Wildman–Crippen LogP) is 1.12. The molecule has 0 saturated carbocycles. The Morgan fingerprint density at radius 3 is 2.69 bits per heavy atom. The lowest BCUT2D eigenvalue weighted by Gasteiger charge is -2.09. The van der Waals surface area contributed by atoms with Gasteiger partial charge in [-0.1, -0.05) is 19.9 Å². The standard InChI is InChI=1S/C9H14FN3O2S/c1-7(2)6-11-16(14,15)13-9-5-3-4-8(10)12-9/h3-5,7,11H,6H2,1-2H3,(H,12,13). The second-order valence-corrected chi connectivity index (χ2v) is 5.19. The molecule has 5 nitrogen and oxygen atoms in total. The van der Waals surface area contributed by atoms with Gasteiger partial charge in [0.15, 0.2) is 0 Å². The van der Waals surface area contributed by atoms with Crippen LogP contribution in [0.25, 0.3) is 0 Å². The summed E-state index contributed by atoms with van der Waals surface area (Å²) >= 11 is 0. The zero-order chi connectivity index (χ0) is 12.2. The molecule has 0 saturated heterocycles. The number of pyridine rings is 1. The third-order valence-corrected chi connectivity index (χ3v) is 2.66. The fourth-order valence-electron chi connectivity index (χ4n) is 0.915. The molecule has 0 fully saturated rings.